The Balaban J connectivity index is 1.44. The van der Waals surface area contributed by atoms with Crippen LogP contribution in [0.2, 0.25) is 0 Å². The van der Waals surface area contributed by atoms with E-state index in [1.54, 1.807) is 4.90 Å². The van der Waals surface area contributed by atoms with E-state index in [-0.39, 0.29) is 35.0 Å². The average molecular weight is 507 g/mol. The number of fused-ring (bicyclic) bond motifs is 1. The maximum absolute atomic E-state index is 14.0. The summed E-state index contributed by atoms with van der Waals surface area (Å²) in [7, 11) is 0. The molecule has 8 nitrogen and oxygen atoms in total. The molecule has 1 unspecified atom stereocenters. The first-order valence-electron chi connectivity index (χ1n) is 12.6. The molecule has 2 aromatic heterocycles. The molecule has 0 spiro atoms. The molecule has 0 saturated carbocycles. The highest BCUT2D eigenvalue weighted by Gasteiger charge is 2.38. The van der Waals surface area contributed by atoms with E-state index in [0.717, 1.165) is 25.5 Å². The third-order valence-corrected chi connectivity index (χ3v) is 7.47. The lowest BCUT2D eigenvalue weighted by atomic mass is 9.91. The quantitative estimate of drug-likeness (QED) is 0.570. The second-order valence-electron chi connectivity index (χ2n) is 10.7. The molecule has 2 atom stereocenters. The third kappa shape index (κ3) is 5.22. The van der Waals surface area contributed by atoms with Crippen molar-refractivity contribution in [1.82, 2.24) is 25.2 Å². The topological polar surface area (TPSA) is 95.2 Å². The molecule has 3 aliphatic rings. The summed E-state index contributed by atoms with van der Waals surface area (Å²) in [6, 6.07) is 0.0145. The van der Waals surface area contributed by atoms with Gasteiger partial charge in [0.15, 0.2) is 0 Å². The number of amides is 1. The fourth-order valence-corrected chi connectivity index (χ4v) is 5.33. The van der Waals surface area contributed by atoms with Crippen molar-refractivity contribution < 1.29 is 22.7 Å². The number of aromatic nitrogens is 3. The SMILES string of the molecule is CC1(C)CC[C@H](Nc2ncc(C(F)(F)F)c(-c3c[nH]c4c3CCCN(CC3CCOC3)C4=O)n2)CN1. The van der Waals surface area contributed by atoms with Crippen LogP contribution in [-0.4, -0.2) is 70.2 Å². The molecule has 0 bridgehead atoms. The molecule has 3 N–H and O–H groups in total. The van der Waals surface area contributed by atoms with Gasteiger partial charge in [-0.15, -0.1) is 0 Å². The number of hydrogen-bond donors (Lipinski definition) is 3. The first-order valence-corrected chi connectivity index (χ1v) is 12.6. The van der Waals surface area contributed by atoms with Crippen molar-refractivity contribution in [2.45, 2.75) is 63.7 Å². The van der Waals surface area contributed by atoms with Gasteiger partial charge in [-0.3, -0.25) is 4.79 Å². The number of nitrogens with zero attached hydrogens (tertiary/aromatic N) is 3. The molecule has 5 heterocycles. The van der Waals surface area contributed by atoms with Gasteiger partial charge >= 0.3 is 6.18 Å². The van der Waals surface area contributed by atoms with Crippen molar-refractivity contribution >= 4 is 11.9 Å². The Labute approximate surface area is 208 Å². The highest BCUT2D eigenvalue weighted by molar-refractivity contribution is 5.96. The van der Waals surface area contributed by atoms with Gasteiger partial charge in [0.1, 0.15) is 11.3 Å². The van der Waals surface area contributed by atoms with Crippen LogP contribution in [0.5, 0.6) is 0 Å². The van der Waals surface area contributed by atoms with E-state index in [9.17, 15) is 18.0 Å². The van der Waals surface area contributed by atoms with Gasteiger partial charge in [-0.25, -0.2) is 9.97 Å². The van der Waals surface area contributed by atoms with E-state index in [1.807, 2.05) is 0 Å². The lowest BCUT2D eigenvalue weighted by Crippen LogP contribution is -2.50. The van der Waals surface area contributed by atoms with Gasteiger partial charge in [0.25, 0.3) is 5.91 Å². The van der Waals surface area contributed by atoms with Crippen molar-refractivity contribution in [1.29, 1.82) is 0 Å². The Morgan fingerprint density at radius 3 is 2.83 bits per heavy atom. The maximum Gasteiger partial charge on any atom is 0.419 e. The Hall–Kier alpha value is -2.66. The molecule has 1 amide bonds. The molecule has 11 heteroatoms. The fourth-order valence-electron chi connectivity index (χ4n) is 5.33. The molecule has 0 radical (unpaired) electrons. The lowest BCUT2D eigenvalue weighted by molar-refractivity contribution is -0.137. The minimum atomic E-state index is -4.63. The van der Waals surface area contributed by atoms with Crippen molar-refractivity contribution in [2.75, 3.05) is 38.2 Å². The van der Waals surface area contributed by atoms with Crippen LogP contribution in [-0.2, 0) is 17.3 Å². The molecule has 36 heavy (non-hydrogen) atoms. The summed E-state index contributed by atoms with van der Waals surface area (Å²) in [6.07, 6.45) is 1.54. The van der Waals surface area contributed by atoms with Gasteiger partial charge in [-0.2, -0.15) is 13.2 Å². The largest absolute Gasteiger partial charge is 0.419 e. The monoisotopic (exact) mass is 506 g/mol. The molecule has 0 aromatic carbocycles. The van der Waals surface area contributed by atoms with E-state index in [0.29, 0.717) is 62.5 Å². The third-order valence-electron chi connectivity index (χ3n) is 7.47. The van der Waals surface area contributed by atoms with Gasteiger partial charge in [0.05, 0.1) is 12.3 Å². The summed E-state index contributed by atoms with van der Waals surface area (Å²) >= 11 is 0. The number of aromatic amines is 1. The van der Waals surface area contributed by atoms with Crippen molar-refractivity contribution in [3.8, 4) is 11.3 Å². The van der Waals surface area contributed by atoms with Crippen LogP contribution >= 0.6 is 0 Å². The van der Waals surface area contributed by atoms with Crippen molar-refractivity contribution in [3.63, 3.8) is 0 Å². The number of hydrogen-bond acceptors (Lipinski definition) is 6. The molecule has 2 aromatic rings. The number of alkyl halides is 3. The van der Waals surface area contributed by atoms with E-state index in [4.69, 9.17) is 4.74 Å². The van der Waals surface area contributed by atoms with Crippen molar-refractivity contribution in [3.05, 3.63) is 29.2 Å². The van der Waals surface area contributed by atoms with Gasteiger partial charge in [0.2, 0.25) is 5.95 Å². The normalized spacial score (nSPS) is 24.5. The van der Waals surface area contributed by atoms with E-state index in [2.05, 4.69) is 39.4 Å². The average Bonchev–Trinajstić information content (AvgIpc) is 3.46. The smallest absolute Gasteiger partial charge is 0.381 e. The van der Waals surface area contributed by atoms with Crippen LogP contribution in [0, 0.1) is 5.92 Å². The highest BCUT2D eigenvalue weighted by atomic mass is 19.4. The summed E-state index contributed by atoms with van der Waals surface area (Å²) in [6.45, 7) is 7.40. The number of carbonyl (C=O) groups excluding carboxylic acids is 1. The second kappa shape index (κ2) is 9.66. The minimum absolute atomic E-state index is 0.0145. The fraction of sp³-hybridized carbons (Fsp3) is 0.640. The number of nitrogens with one attached hydrogen (secondary N) is 3. The van der Waals surface area contributed by atoms with E-state index < -0.39 is 11.7 Å². The number of anilines is 1. The Kier molecular flexibility index (Phi) is 6.71. The molecule has 5 rings (SSSR count). The van der Waals surface area contributed by atoms with Crippen LogP contribution in [0.25, 0.3) is 11.3 Å². The van der Waals surface area contributed by atoms with E-state index >= 15 is 0 Å². The molecule has 0 aliphatic carbocycles. The predicted molar refractivity (Wildman–Crippen MR) is 129 cm³/mol. The van der Waals surface area contributed by atoms with Crippen LogP contribution in [0.1, 0.15) is 61.1 Å². The van der Waals surface area contributed by atoms with Crippen LogP contribution in [0.4, 0.5) is 19.1 Å². The summed E-state index contributed by atoms with van der Waals surface area (Å²) in [4.78, 5) is 26.4. The van der Waals surface area contributed by atoms with Gasteiger partial charge < -0.3 is 25.3 Å². The van der Waals surface area contributed by atoms with Gasteiger partial charge in [-0.1, -0.05) is 0 Å². The summed E-state index contributed by atoms with van der Waals surface area (Å²) < 4.78 is 47.4. The first kappa shape index (κ1) is 25.0. The molecular weight excluding hydrogens is 473 g/mol. The first-order chi connectivity index (χ1) is 17.1. The zero-order chi connectivity index (χ0) is 25.5. The summed E-state index contributed by atoms with van der Waals surface area (Å²) in [5, 5.41) is 6.63. The molecule has 2 saturated heterocycles. The summed E-state index contributed by atoms with van der Waals surface area (Å²) in [5.41, 5.74) is 0.160. The number of halogens is 3. The lowest BCUT2D eigenvalue weighted by Gasteiger charge is -2.36. The Morgan fingerprint density at radius 2 is 2.14 bits per heavy atom. The Morgan fingerprint density at radius 1 is 1.31 bits per heavy atom. The van der Waals surface area contributed by atoms with E-state index in [1.165, 1.54) is 6.20 Å². The van der Waals surface area contributed by atoms with Crippen molar-refractivity contribution in [2.24, 2.45) is 5.92 Å². The molecular formula is C25H33F3N6O2. The minimum Gasteiger partial charge on any atom is -0.381 e. The summed E-state index contributed by atoms with van der Waals surface area (Å²) in [5.74, 6) is 0.261. The predicted octanol–water partition coefficient (Wildman–Crippen LogP) is 3.86. The zero-order valence-corrected chi connectivity index (χ0v) is 20.7. The molecule has 196 valence electrons. The number of piperidine rings is 1. The zero-order valence-electron chi connectivity index (χ0n) is 20.7. The number of rotatable bonds is 5. The highest BCUT2D eigenvalue weighted by Crippen LogP contribution is 2.39. The Bertz CT molecular complexity index is 1100. The number of carbonyl (C=O) groups is 1. The molecule has 2 fully saturated rings. The van der Waals surface area contributed by atoms with Crippen LogP contribution < -0.4 is 10.6 Å². The molecule has 3 aliphatic heterocycles. The standard InChI is InChI=1S/C25H33F3N6O2/c1-24(2)7-5-16(10-31-24)32-23-30-12-19(25(26,27)28)20(33-23)18-11-29-21-17(18)4-3-8-34(22(21)35)13-15-6-9-36-14-15/h11-12,15-16,29,31H,3-10,13-14H2,1-2H3,(H,30,32,33)/t15?,16-/m0/s1. The number of ether oxygens (including phenoxy) is 1. The number of H-pyrrole nitrogens is 1. The van der Waals surface area contributed by atoms with Gasteiger partial charge in [-0.05, 0) is 51.5 Å². The maximum atomic E-state index is 14.0. The van der Waals surface area contributed by atoms with Gasteiger partial charge in [0, 0.05) is 61.7 Å². The second-order valence-corrected chi connectivity index (χ2v) is 10.7. The van der Waals surface area contributed by atoms with Crippen LogP contribution in [0.3, 0.4) is 0 Å². The van der Waals surface area contributed by atoms with Crippen LogP contribution in [0.15, 0.2) is 12.4 Å².